The van der Waals surface area contributed by atoms with E-state index in [0.717, 1.165) is 46.9 Å². The van der Waals surface area contributed by atoms with E-state index in [4.69, 9.17) is 22.1 Å². The van der Waals surface area contributed by atoms with Gasteiger partial charge in [-0.05, 0) is 30.7 Å². The number of nitrogens with one attached hydrogen (secondary N) is 2. The Labute approximate surface area is 164 Å². The summed E-state index contributed by atoms with van der Waals surface area (Å²) in [6.07, 6.45) is 5.87. The second-order valence-corrected chi connectivity index (χ2v) is 6.66. The summed E-state index contributed by atoms with van der Waals surface area (Å²) in [6.45, 7) is 2.28. The Balaban J connectivity index is 1.52. The number of fused-ring (bicyclic) bond motifs is 1. The van der Waals surface area contributed by atoms with Gasteiger partial charge in [-0.25, -0.2) is 4.98 Å². The second-order valence-electron chi connectivity index (χ2n) is 6.25. The molecule has 7 heteroatoms. The van der Waals surface area contributed by atoms with Crippen molar-refractivity contribution in [3.8, 4) is 5.88 Å². The number of allylic oxidation sites excluding steroid dienone is 1. The maximum atomic E-state index is 6.18. The summed E-state index contributed by atoms with van der Waals surface area (Å²) in [4.78, 5) is 8.43. The molecule has 142 valence electrons. The van der Waals surface area contributed by atoms with E-state index in [9.17, 15) is 0 Å². The van der Waals surface area contributed by atoms with Gasteiger partial charge in [0.15, 0.2) is 0 Å². The van der Waals surface area contributed by atoms with E-state index in [1.54, 1.807) is 19.5 Å². The first-order valence-electron chi connectivity index (χ1n) is 8.90. The largest absolute Gasteiger partial charge is 0.470 e. The lowest BCUT2D eigenvalue weighted by atomic mass is 10.1. The number of ether oxygens (including phenoxy) is 1. The minimum absolute atomic E-state index is 0.0174. The van der Waals surface area contributed by atoms with Gasteiger partial charge in [-0.1, -0.05) is 29.8 Å². The van der Waals surface area contributed by atoms with Crippen molar-refractivity contribution in [3.05, 3.63) is 58.9 Å². The fraction of sp³-hybridized carbons (Fsp3) is 0.300. The van der Waals surface area contributed by atoms with Crippen LogP contribution in [0.15, 0.2) is 47.7 Å². The van der Waals surface area contributed by atoms with Gasteiger partial charge in [0.05, 0.1) is 12.2 Å². The first-order valence-corrected chi connectivity index (χ1v) is 9.28. The molecule has 1 unspecified atom stereocenters. The molecule has 0 aliphatic carbocycles. The second kappa shape index (κ2) is 9.39. The standard InChI is InChI=1S/C20H24ClN5O/c1-23-10-16(9-22)15-8-19-20(26-11-15)27-17(13-25-19)12-24-7-6-14-4-2-3-5-18(14)21/h2-5,8-11,17,24-25H,6-7,12-13,22H2,1H3/b16-9+,23-10?. The summed E-state index contributed by atoms with van der Waals surface area (Å²) in [5, 5.41) is 7.61. The molecule has 0 bridgehead atoms. The summed E-state index contributed by atoms with van der Waals surface area (Å²) in [7, 11) is 1.71. The van der Waals surface area contributed by atoms with Gasteiger partial charge in [0.25, 0.3) is 0 Å². The van der Waals surface area contributed by atoms with Crippen LogP contribution in [0.2, 0.25) is 5.02 Å². The van der Waals surface area contributed by atoms with E-state index in [-0.39, 0.29) is 6.10 Å². The van der Waals surface area contributed by atoms with Gasteiger partial charge in [-0.2, -0.15) is 0 Å². The Morgan fingerprint density at radius 3 is 3.11 bits per heavy atom. The van der Waals surface area contributed by atoms with Crippen LogP contribution in [0.5, 0.6) is 5.88 Å². The van der Waals surface area contributed by atoms with Crippen molar-refractivity contribution >= 4 is 29.1 Å². The zero-order valence-electron chi connectivity index (χ0n) is 15.3. The molecule has 0 spiro atoms. The molecule has 0 radical (unpaired) electrons. The van der Waals surface area contributed by atoms with Crippen LogP contribution in [0.1, 0.15) is 11.1 Å². The highest BCUT2D eigenvalue weighted by Gasteiger charge is 2.20. The van der Waals surface area contributed by atoms with Crippen molar-refractivity contribution in [2.75, 3.05) is 32.0 Å². The van der Waals surface area contributed by atoms with Crippen LogP contribution in [-0.2, 0) is 6.42 Å². The van der Waals surface area contributed by atoms with Gasteiger partial charge in [-0.15, -0.1) is 0 Å². The molecule has 0 amide bonds. The van der Waals surface area contributed by atoms with Crippen LogP contribution in [0.4, 0.5) is 5.69 Å². The van der Waals surface area contributed by atoms with Crippen molar-refractivity contribution in [3.63, 3.8) is 0 Å². The van der Waals surface area contributed by atoms with Crippen LogP contribution < -0.4 is 21.1 Å². The lowest BCUT2D eigenvalue weighted by Crippen LogP contribution is -2.40. The summed E-state index contributed by atoms with van der Waals surface area (Å²) < 4.78 is 5.99. The summed E-state index contributed by atoms with van der Waals surface area (Å²) in [5.41, 5.74) is 9.39. The molecule has 0 fully saturated rings. The van der Waals surface area contributed by atoms with E-state index >= 15 is 0 Å². The molecule has 6 nitrogen and oxygen atoms in total. The molecule has 4 N–H and O–H groups in total. The van der Waals surface area contributed by atoms with E-state index in [1.807, 2.05) is 30.3 Å². The monoisotopic (exact) mass is 385 g/mol. The number of hydrogen-bond donors (Lipinski definition) is 3. The quantitative estimate of drug-likeness (QED) is 0.504. The highest BCUT2D eigenvalue weighted by molar-refractivity contribution is 6.31. The molecule has 1 aromatic heterocycles. The van der Waals surface area contributed by atoms with Crippen LogP contribution >= 0.6 is 11.6 Å². The normalized spacial score (nSPS) is 16.7. The number of aliphatic imine (C=N–C) groups is 1. The Bertz CT molecular complexity index is 837. The molecule has 2 heterocycles. The Kier molecular flexibility index (Phi) is 6.68. The fourth-order valence-electron chi connectivity index (χ4n) is 2.91. The van der Waals surface area contributed by atoms with E-state index < -0.39 is 0 Å². The summed E-state index contributed by atoms with van der Waals surface area (Å²) in [6, 6.07) is 9.89. The van der Waals surface area contributed by atoms with Crippen molar-refractivity contribution in [1.29, 1.82) is 0 Å². The Morgan fingerprint density at radius 1 is 1.48 bits per heavy atom. The van der Waals surface area contributed by atoms with Crippen molar-refractivity contribution in [2.24, 2.45) is 10.7 Å². The summed E-state index contributed by atoms with van der Waals surface area (Å²) >= 11 is 6.18. The van der Waals surface area contributed by atoms with Crippen LogP contribution in [-0.4, -0.2) is 44.0 Å². The van der Waals surface area contributed by atoms with Crippen molar-refractivity contribution in [2.45, 2.75) is 12.5 Å². The third kappa shape index (κ3) is 4.99. The zero-order valence-corrected chi connectivity index (χ0v) is 16.0. The van der Waals surface area contributed by atoms with E-state index in [1.165, 1.54) is 6.20 Å². The molecule has 27 heavy (non-hydrogen) atoms. The molecule has 0 saturated heterocycles. The van der Waals surface area contributed by atoms with Crippen LogP contribution in [0.3, 0.4) is 0 Å². The third-order valence-corrected chi connectivity index (χ3v) is 4.70. The first kappa shape index (κ1) is 19.2. The lowest BCUT2D eigenvalue weighted by Gasteiger charge is -2.27. The predicted octanol–water partition coefficient (Wildman–Crippen LogP) is 2.74. The molecule has 1 atom stereocenters. The van der Waals surface area contributed by atoms with Gasteiger partial charge < -0.3 is 21.1 Å². The number of nitrogens with two attached hydrogens (primary N) is 1. The van der Waals surface area contributed by atoms with Gasteiger partial charge in [0.2, 0.25) is 5.88 Å². The van der Waals surface area contributed by atoms with Crippen LogP contribution in [0, 0.1) is 0 Å². The van der Waals surface area contributed by atoms with Crippen molar-refractivity contribution in [1.82, 2.24) is 10.3 Å². The number of hydrogen-bond acceptors (Lipinski definition) is 6. The number of anilines is 1. The number of aromatic nitrogens is 1. The molecular formula is C20H24ClN5O. The highest BCUT2D eigenvalue weighted by Crippen LogP contribution is 2.29. The third-order valence-electron chi connectivity index (χ3n) is 4.33. The average molecular weight is 386 g/mol. The highest BCUT2D eigenvalue weighted by atomic mass is 35.5. The number of rotatable bonds is 7. The van der Waals surface area contributed by atoms with E-state index in [0.29, 0.717) is 12.4 Å². The molecule has 0 saturated carbocycles. The number of benzene rings is 1. The number of halogens is 1. The van der Waals surface area contributed by atoms with Gasteiger partial charge in [-0.3, -0.25) is 4.99 Å². The topological polar surface area (TPSA) is 84.6 Å². The molecule has 2 aromatic rings. The van der Waals surface area contributed by atoms with Gasteiger partial charge >= 0.3 is 0 Å². The number of nitrogens with zero attached hydrogens (tertiary/aromatic N) is 2. The minimum Gasteiger partial charge on any atom is -0.470 e. The molecule has 1 aromatic carbocycles. The smallest absolute Gasteiger partial charge is 0.237 e. The Morgan fingerprint density at radius 2 is 2.33 bits per heavy atom. The van der Waals surface area contributed by atoms with Gasteiger partial charge in [0.1, 0.15) is 6.10 Å². The summed E-state index contributed by atoms with van der Waals surface area (Å²) in [5.74, 6) is 0.604. The maximum Gasteiger partial charge on any atom is 0.237 e. The van der Waals surface area contributed by atoms with E-state index in [2.05, 4.69) is 20.6 Å². The molecule has 3 rings (SSSR count). The fourth-order valence-corrected chi connectivity index (χ4v) is 3.14. The number of pyridine rings is 1. The Hall–Kier alpha value is -2.57. The lowest BCUT2D eigenvalue weighted by molar-refractivity contribution is 0.194. The van der Waals surface area contributed by atoms with Gasteiger partial charge in [0, 0.05) is 48.4 Å². The van der Waals surface area contributed by atoms with Crippen molar-refractivity contribution < 1.29 is 4.74 Å². The SMILES string of the molecule is CN=C/C(=C\N)c1cnc2c(c1)NCC(CNCCc1ccccc1Cl)O2. The predicted molar refractivity (Wildman–Crippen MR) is 112 cm³/mol. The average Bonchev–Trinajstić information content (AvgIpc) is 2.70. The molecular weight excluding hydrogens is 362 g/mol. The minimum atomic E-state index is 0.0174. The molecule has 1 aliphatic heterocycles. The zero-order chi connectivity index (χ0) is 19.1. The molecule has 1 aliphatic rings. The first-order chi connectivity index (χ1) is 13.2. The van der Waals surface area contributed by atoms with Crippen LogP contribution in [0.25, 0.3) is 5.57 Å². The maximum absolute atomic E-state index is 6.18.